The molecule has 1 aliphatic rings. The van der Waals surface area contributed by atoms with E-state index in [1.165, 1.54) is 0 Å². The van der Waals surface area contributed by atoms with Gasteiger partial charge in [0.15, 0.2) is 6.10 Å². The van der Waals surface area contributed by atoms with Gasteiger partial charge in [0.2, 0.25) is 0 Å². The summed E-state index contributed by atoms with van der Waals surface area (Å²) < 4.78 is 8.22. The third-order valence-electron chi connectivity index (χ3n) is 3.08. The van der Waals surface area contributed by atoms with Crippen LogP contribution in [0.1, 0.15) is 6.92 Å². The van der Waals surface area contributed by atoms with Crippen LogP contribution in [0.15, 0.2) is 29.1 Å². The van der Waals surface area contributed by atoms with Crippen LogP contribution in [0.2, 0.25) is 0 Å². The number of ether oxygens (including phenoxy) is 1. The van der Waals surface area contributed by atoms with Crippen molar-refractivity contribution >= 4 is 27.5 Å². The van der Waals surface area contributed by atoms with Crippen LogP contribution < -0.4 is 10.1 Å². The lowest BCUT2D eigenvalue weighted by molar-refractivity contribution is -0.122. The number of benzene rings is 1. The number of carbonyl (C=O) groups excluding carboxylic acids is 1. The number of halogens is 1. The Morgan fingerprint density at radius 3 is 2.95 bits per heavy atom. The highest BCUT2D eigenvalue weighted by molar-refractivity contribution is 9.10. The molecular formula is C13H12BrN3O2. The van der Waals surface area contributed by atoms with E-state index in [0.717, 1.165) is 15.9 Å². The molecule has 1 unspecified atom stereocenters. The van der Waals surface area contributed by atoms with Crippen LogP contribution in [0.3, 0.4) is 0 Å². The van der Waals surface area contributed by atoms with Gasteiger partial charge in [-0.15, -0.1) is 0 Å². The fourth-order valence-corrected chi connectivity index (χ4v) is 2.68. The van der Waals surface area contributed by atoms with Crippen molar-refractivity contribution in [2.75, 3.05) is 5.32 Å². The molecule has 0 aliphatic carbocycles. The van der Waals surface area contributed by atoms with Crippen molar-refractivity contribution in [3.05, 3.63) is 29.1 Å². The summed E-state index contributed by atoms with van der Waals surface area (Å²) in [5, 5.41) is 2.84. The molecular weight excluding hydrogens is 310 g/mol. The molecule has 2 heterocycles. The van der Waals surface area contributed by atoms with Crippen LogP contribution in [0.25, 0.3) is 11.3 Å². The second-order valence-electron chi connectivity index (χ2n) is 4.46. The van der Waals surface area contributed by atoms with Gasteiger partial charge >= 0.3 is 0 Å². The predicted octanol–water partition coefficient (Wildman–Crippen LogP) is 2.57. The van der Waals surface area contributed by atoms with E-state index in [0.29, 0.717) is 11.4 Å². The standard InChI is InChI=1S/C13H12BrN3O2/c1-7-13(18)16-9-5-8(3-4-10(9)19-7)11-12(14)15-6-17(11)2/h3-7H,1-2H3,(H,16,18). The second-order valence-corrected chi connectivity index (χ2v) is 5.21. The number of fused-ring (bicyclic) bond motifs is 1. The number of amides is 1. The van der Waals surface area contributed by atoms with Crippen molar-refractivity contribution in [2.45, 2.75) is 13.0 Å². The molecule has 3 rings (SSSR count). The lowest BCUT2D eigenvalue weighted by atomic mass is 10.1. The minimum atomic E-state index is -0.457. The normalized spacial score (nSPS) is 17.6. The van der Waals surface area contributed by atoms with E-state index in [1.54, 1.807) is 13.3 Å². The number of anilines is 1. The first-order chi connectivity index (χ1) is 9.06. The van der Waals surface area contributed by atoms with E-state index in [4.69, 9.17) is 4.74 Å². The minimum Gasteiger partial charge on any atom is -0.479 e. The average Bonchev–Trinajstić information content (AvgIpc) is 2.70. The lowest BCUT2D eigenvalue weighted by Gasteiger charge is -2.23. The smallest absolute Gasteiger partial charge is 0.265 e. The molecule has 2 aromatic rings. The highest BCUT2D eigenvalue weighted by Gasteiger charge is 2.24. The Hall–Kier alpha value is -1.82. The first-order valence-electron chi connectivity index (χ1n) is 5.85. The van der Waals surface area contributed by atoms with E-state index >= 15 is 0 Å². The average molecular weight is 322 g/mol. The van der Waals surface area contributed by atoms with Gasteiger partial charge < -0.3 is 14.6 Å². The van der Waals surface area contributed by atoms with Crippen LogP contribution in [0.4, 0.5) is 5.69 Å². The Morgan fingerprint density at radius 1 is 1.47 bits per heavy atom. The van der Waals surface area contributed by atoms with Gasteiger partial charge in [-0.1, -0.05) is 0 Å². The van der Waals surface area contributed by atoms with E-state index in [9.17, 15) is 4.79 Å². The molecule has 1 N–H and O–H groups in total. The van der Waals surface area contributed by atoms with Crippen molar-refractivity contribution in [3.8, 4) is 17.0 Å². The SMILES string of the molecule is CC1Oc2ccc(-c3c(Br)ncn3C)cc2NC1=O. The third kappa shape index (κ3) is 2.02. The molecule has 1 amide bonds. The molecule has 1 aromatic carbocycles. The summed E-state index contributed by atoms with van der Waals surface area (Å²) in [5.41, 5.74) is 2.61. The molecule has 6 heteroatoms. The van der Waals surface area contributed by atoms with E-state index < -0.39 is 6.10 Å². The summed E-state index contributed by atoms with van der Waals surface area (Å²) in [6, 6.07) is 5.70. The fraction of sp³-hybridized carbons (Fsp3) is 0.231. The largest absolute Gasteiger partial charge is 0.479 e. The molecule has 0 bridgehead atoms. The van der Waals surface area contributed by atoms with Crippen molar-refractivity contribution in [3.63, 3.8) is 0 Å². The summed E-state index contributed by atoms with van der Waals surface area (Å²) in [7, 11) is 1.92. The molecule has 19 heavy (non-hydrogen) atoms. The topological polar surface area (TPSA) is 56.1 Å². The van der Waals surface area contributed by atoms with Crippen molar-refractivity contribution in [1.82, 2.24) is 9.55 Å². The minimum absolute atomic E-state index is 0.131. The molecule has 0 fully saturated rings. The summed E-state index contributed by atoms with van der Waals surface area (Å²) in [5.74, 6) is 0.558. The number of aryl methyl sites for hydroxylation is 1. The molecule has 1 atom stereocenters. The molecule has 98 valence electrons. The number of aromatic nitrogens is 2. The summed E-state index contributed by atoms with van der Waals surface area (Å²) >= 11 is 3.42. The van der Waals surface area contributed by atoms with Crippen LogP contribution in [-0.4, -0.2) is 21.6 Å². The highest BCUT2D eigenvalue weighted by Crippen LogP contribution is 2.35. The lowest BCUT2D eigenvalue weighted by Crippen LogP contribution is -2.34. The molecule has 0 saturated carbocycles. The number of carbonyl (C=O) groups is 1. The summed E-state index contributed by atoms with van der Waals surface area (Å²) in [6.45, 7) is 1.73. The van der Waals surface area contributed by atoms with Crippen LogP contribution in [0.5, 0.6) is 5.75 Å². The predicted molar refractivity (Wildman–Crippen MR) is 75.1 cm³/mol. The number of hydrogen-bond donors (Lipinski definition) is 1. The number of rotatable bonds is 1. The number of nitrogens with zero attached hydrogens (tertiary/aromatic N) is 2. The molecule has 5 nitrogen and oxygen atoms in total. The van der Waals surface area contributed by atoms with Gasteiger partial charge in [-0.3, -0.25) is 4.79 Å². The molecule has 0 spiro atoms. The number of imidazole rings is 1. The Labute approximate surface area is 118 Å². The van der Waals surface area contributed by atoms with Gasteiger partial charge in [-0.2, -0.15) is 0 Å². The Balaban J connectivity index is 2.08. The van der Waals surface area contributed by atoms with Gasteiger partial charge in [0.1, 0.15) is 10.4 Å². The van der Waals surface area contributed by atoms with Gasteiger partial charge in [0, 0.05) is 12.6 Å². The van der Waals surface area contributed by atoms with E-state index in [-0.39, 0.29) is 5.91 Å². The molecule has 1 aliphatic heterocycles. The van der Waals surface area contributed by atoms with Gasteiger partial charge in [0.25, 0.3) is 5.91 Å². The number of nitrogens with one attached hydrogen (secondary N) is 1. The first-order valence-corrected chi connectivity index (χ1v) is 6.64. The third-order valence-corrected chi connectivity index (χ3v) is 3.66. The zero-order valence-corrected chi connectivity index (χ0v) is 12.1. The van der Waals surface area contributed by atoms with Gasteiger partial charge in [-0.05, 0) is 41.1 Å². The van der Waals surface area contributed by atoms with Crippen LogP contribution in [-0.2, 0) is 11.8 Å². The van der Waals surface area contributed by atoms with Crippen LogP contribution >= 0.6 is 15.9 Å². The van der Waals surface area contributed by atoms with E-state index in [2.05, 4.69) is 26.2 Å². The van der Waals surface area contributed by atoms with Crippen molar-refractivity contribution in [1.29, 1.82) is 0 Å². The Bertz CT molecular complexity index is 646. The van der Waals surface area contributed by atoms with Gasteiger partial charge in [-0.25, -0.2) is 4.98 Å². The molecule has 0 radical (unpaired) electrons. The van der Waals surface area contributed by atoms with Crippen molar-refractivity contribution < 1.29 is 9.53 Å². The highest BCUT2D eigenvalue weighted by atomic mass is 79.9. The Morgan fingerprint density at radius 2 is 2.26 bits per heavy atom. The van der Waals surface area contributed by atoms with Crippen molar-refractivity contribution in [2.24, 2.45) is 7.05 Å². The monoisotopic (exact) mass is 321 g/mol. The zero-order valence-electron chi connectivity index (χ0n) is 10.5. The fourth-order valence-electron chi connectivity index (χ4n) is 2.08. The second kappa shape index (κ2) is 4.38. The molecule has 0 saturated heterocycles. The van der Waals surface area contributed by atoms with Crippen LogP contribution in [0, 0.1) is 0 Å². The maximum atomic E-state index is 11.6. The Kier molecular flexibility index (Phi) is 2.82. The maximum Gasteiger partial charge on any atom is 0.265 e. The summed E-state index contributed by atoms with van der Waals surface area (Å²) in [4.78, 5) is 15.8. The number of hydrogen-bond acceptors (Lipinski definition) is 3. The summed E-state index contributed by atoms with van der Waals surface area (Å²) in [6.07, 6.45) is 1.28. The maximum absolute atomic E-state index is 11.6. The first kappa shape index (κ1) is 12.2. The molecule has 1 aromatic heterocycles. The quantitative estimate of drug-likeness (QED) is 0.878. The van der Waals surface area contributed by atoms with E-state index in [1.807, 2.05) is 29.8 Å². The zero-order chi connectivity index (χ0) is 13.6. The van der Waals surface area contributed by atoms with Gasteiger partial charge in [0.05, 0.1) is 17.7 Å².